The standard InChI is InChI=1S/C19H17ClN2O4S/c1-22-16-8-12(20)4-3-11(16)7-17(22)19(23)21-15-10-26-18-9-13(27(2,24)25)5-6-14(15)18/h3-9,15H,10H2,1-2H3,(H,21,23). The number of hydrogen-bond acceptors (Lipinski definition) is 4. The normalized spacial score (nSPS) is 16.2. The lowest BCUT2D eigenvalue weighted by molar-refractivity contribution is 0.0922. The van der Waals surface area contributed by atoms with Crippen LogP contribution in [0.25, 0.3) is 10.9 Å². The average molecular weight is 405 g/mol. The van der Waals surface area contributed by atoms with Crippen LogP contribution in [0.15, 0.2) is 47.4 Å². The van der Waals surface area contributed by atoms with Crippen LogP contribution < -0.4 is 10.1 Å². The predicted molar refractivity (Wildman–Crippen MR) is 103 cm³/mol. The van der Waals surface area contributed by atoms with E-state index in [1.807, 2.05) is 25.2 Å². The summed E-state index contributed by atoms with van der Waals surface area (Å²) in [6, 6.07) is 11.6. The van der Waals surface area contributed by atoms with E-state index in [2.05, 4.69) is 5.32 Å². The third-order valence-corrected chi connectivity index (χ3v) is 6.08. The van der Waals surface area contributed by atoms with Crippen LogP contribution in [0.4, 0.5) is 0 Å². The van der Waals surface area contributed by atoms with E-state index in [-0.39, 0.29) is 23.5 Å². The molecule has 27 heavy (non-hydrogen) atoms. The Hall–Kier alpha value is -2.51. The number of benzene rings is 2. The molecular weight excluding hydrogens is 388 g/mol. The fraction of sp³-hybridized carbons (Fsp3) is 0.211. The van der Waals surface area contributed by atoms with Crippen molar-refractivity contribution in [3.8, 4) is 5.75 Å². The summed E-state index contributed by atoms with van der Waals surface area (Å²) in [7, 11) is -1.50. The molecule has 4 rings (SSSR count). The molecule has 1 aliphatic rings. The number of amides is 1. The van der Waals surface area contributed by atoms with Gasteiger partial charge in [-0.25, -0.2) is 8.42 Å². The van der Waals surface area contributed by atoms with Crippen LogP contribution in [0, 0.1) is 0 Å². The number of sulfone groups is 1. The van der Waals surface area contributed by atoms with Crippen LogP contribution >= 0.6 is 11.6 Å². The zero-order chi connectivity index (χ0) is 19.3. The maximum Gasteiger partial charge on any atom is 0.268 e. The molecule has 0 radical (unpaired) electrons. The monoisotopic (exact) mass is 404 g/mol. The summed E-state index contributed by atoms with van der Waals surface area (Å²) in [6.07, 6.45) is 1.15. The molecule has 140 valence electrons. The van der Waals surface area contributed by atoms with Crippen molar-refractivity contribution in [3.05, 3.63) is 58.7 Å². The van der Waals surface area contributed by atoms with Crippen molar-refractivity contribution >= 4 is 38.2 Å². The number of nitrogens with zero attached hydrogens (tertiary/aromatic N) is 1. The fourth-order valence-electron chi connectivity index (χ4n) is 3.29. The van der Waals surface area contributed by atoms with Gasteiger partial charge in [-0.05, 0) is 30.3 Å². The molecule has 1 N–H and O–H groups in total. The summed E-state index contributed by atoms with van der Waals surface area (Å²) in [5.41, 5.74) is 2.14. The Morgan fingerprint density at radius 3 is 2.74 bits per heavy atom. The number of aryl methyl sites for hydroxylation is 1. The Bertz CT molecular complexity index is 1180. The molecule has 3 aromatic rings. The quantitative estimate of drug-likeness (QED) is 0.727. The van der Waals surface area contributed by atoms with Crippen LogP contribution in [-0.4, -0.2) is 31.8 Å². The van der Waals surface area contributed by atoms with Crippen molar-refractivity contribution in [1.29, 1.82) is 0 Å². The first-order valence-electron chi connectivity index (χ1n) is 8.27. The van der Waals surface area contributed by atoms with Gasteiger partial charge >= 0.3 is 0 Å². The van der Waals surface area contributed by atoms with E-state index in [0.717, 1.165) is 22.7 Å². The lowest BCUT2D eigenvalue weighted by atomic mass is 10.1. The van der Waals surface area contributed by atoms with Gasteiger partial charge in [0, 0.05) is 34.8 Å². The number of rotatable bonds is 3. The van der Waals surface area contributed by atoms with Crippen molar-refractivity contribution in [1.82, 2.24) is 9.88 Å². The largest absolute Gasteiger partial charge is 0.491 e. The van der Waals surface area contributed by atoms with Crippen molar-refractivity contribution < 1.29 is 17.9 Å². The van der Waals surface area contributed by atoms with Crippen LogP contribution in [-0.2, 0) is 16.9 Å². The van der Waals surface area contributed by atoms with E-state index < -0.39 is 9.84 Å². The molecule has 0 saturated heterocycles. The number of nitrogens with one attached hydrogen (secondary N) is 1. The topological polar surface area (TPSA) is 77.4 Å². The molecule has 1 amide bonds. The second kappa shape index (κ2) is 6.28. The van der Waals surface area contributed by atoms with Gasteiger partial charge in [-0.2, -0.15) is 0 Å². The smallest absolute Gasteiger partial charge is 0.268 e. The molecule has 1 unspecified atom stereocenters. The van der Waals surface area contributed by atoms with Crippen molar-refractivity contribution in [2.24, 2.45) is 7.05 Å². The Morgan fingerprint density at radius 2 is 2.00 bits per heavy atom. The van der Waals surface area contributed by atoms with Gasteiger partial charge in [0.15, 0.2) is 9.84 Å². The number of ether oxygens (including phenoxy) is 1. The third kappa shape index (κ3) is 3.17. The Morgan fingerprint density at radius 1 is 1.22 bits per heavy atom. The van der Waals surface area contributed by atoms with Gasteiger partial charge < -0.3 is 14.6 Å². The molecule has 0 aliphatic carbocycles. The number of carbonyl (C=O) groups excluding carboxylic acids is 1. The number of halogens is 1. The highest BCUT2D eigenvalue weighted by molar-refractivity contribution is 7.90. The van der Waals surface area contributed by atoms with Gasteiger partial charge in [-0.15, -0.1) is 0 Å². The molecule has 6 nitrogen and oxygen atoms in total. The molecule has 0 bridgehead atoms. The van der Waals surface area contributed by atoms with E-state index in [4.69, 9.17) is 16.3 Å². The van der Waals surface area contributed by atoms with E-state index in [0.29, 0.717) is 16.5 Å². The van der Waals surface area contributed by atoms with Gasteiger partial charge in [0.2, 0.25) is 0 Å². The van der Waals surface area contributed by atoms with Crippen LogP contribution in [0.3, 0.4) is 0 Å². The highest BCUT2D eigenvalue weighted by Crippen LogP contribution is 2.34. The Balaban J connectivity index is 1.61. The Kier molecular flexibility index (Phi) is 4.16. The summed E-state index contributed by atoms with van der Waals surface area (Å²) < 4.78 is 30.7. The number of carbonyl (C=O) groups is 1. The number of aromatic nitrogens is 1. The molecule has 1 atom stereocenters. The first-order valence-corrected chi connectivity index (χ1v) is 10.5. The van der Waals surface area contributed by atoms with E-state index in [9.17, 15) is 13.2 Å². The molecule has 8 heteroatoms. The van der Waals surface area contributed by atoms with Gasteiger partial charge in [-0.1, -0.05) is 23.7 Å². The maximum absolute atomic E-state index is 12.8. The minimum atomic E-state index is -3.31. The van der Waals surface area contributed by atoms with Gasteiger partial charge in [0.1, 0.15) is 18.1 Å². The lowest BCUT2D eigenvalue weighted by Gasteiger charge is -2.12. The third-order valence-electron chi connectivity index (χ3n) is 4.74. The first-order chi connectivity index (χ1) is 12.7. The summed E-state index contributed by atoms with van der Waals surface area (Å²) >= 11 is 6.04. The van der Waals surface area contributed by atoms with Crippen LogP contribution in [0.2, 0.25) is 5.02 Å². The summed E-state index contributed by atoms with van der Waals surface area (Å²) in [4.78, 5) is 13.0. The van der Waals surface area contributed by atoms with Crippen molar-refractivity contribution in [2.45, 2.75) is 10.9 Å². The molecule has 1 aromatic heterocycles. The minimum absolute atomic E-state index is 0.193. The first kappa shape index (κ1) is 17.9. The number of hydrogen-bond donors (Lipinski definition) is 1. The molecule has 2 aromatic carbocycles. The average Bonchev–Trinajstić information content (AvgIpc) is 3.15. The van der Waals surface area contributed by atoms with Gasteiger partial charge in [0.05, 0.1) is 10.9 Å². The summed E-state index contributed by atoms with van der Waals surface area (Å²) in [5.74, 6) is 0.241. The minimum Gasteiger partial charge on any atom is -0.491 e. The van der Waals surface area contributed by atoms with Crippen LogP contribution in [0.1, 0.15) is 22.1 Å². The maximum atomic E-state index is 12.8. The predicted octanol–water partition coefficient (Wildman–Crippen LogP) is 3.10. The van der Waals surface area contributed by atoms with Crippen molar-refractivity contribution in [2.75, 3.05) is 12.9 Å². The second-order valence-corrected chi connectivity index (χ2v) is 9.05. The highest BCUT2D eigenvalue weighted by Gasteiger charge is 2.28. The second-order valence-electron chi connectivity index (χ2n) is 6.60. The van der Waals surface area contributed by atoms with Crippen molar-refractivity contribution in [3.63, 3.8) is 0 Å². The summed E-state index contributed by atoms with van der Waals surface area (Å²) in [6.45, 7) is 0.254. The van der Waals surface area contributed by atoms with E-state index in [1.165, 1.54) is 12.1 Å². The molecule has 1 aliphatic heterocycles. The number of fused-ring (bicyclic) bond motifs is 2. The van der Waals surface area contributed by atoms with Gasteiger partial charge in [0.25, 0.3) is 5.91 Å². The fourth-order valence-corrected chi connectivity index (χ4v) is 4.10. The van der Waals surface area contributed by atoms with Crippen LogP contribution in [0.5, 0.6) is 5.75 Å². The molecule has 2 heterocycles. The lowest BCUT2D eigenvalue weighted by Crippen LogP contribution is -2.30. The molecule has 0 spiro atoms. The summed E-state index contributed by atoms with van der Waals surface area (Å²) in [5, 5.41) is 4.49. The van der Waals surface area contributed by atoms with E-state index >= 15 is 0 Å². The molecular formula is C19H17ClN2O4S. The Labute approximate surface area is 161 Å². The zero-order valence-corrected chi connectivity index (χ0v) is 16.3. The highest BCUT2D eigenvalue weighted by atomic mass is 35.5. The van der Waals surface area contributed by atoms with E-state index in [1.54, 1.807) is 16.7 Å². The zero-order valence-electron chi connectivity index (χ0n) is 14.7. The molecule has 0 fully saturated rings. The van der Waals surface area contributed by atoms with Gasteiger partial charge in [-0.3, -0.25) is 4.79 Å². The molecule has 0 saturated carbocycles. The SMILES string of the molecule is Cn1c(C(=O)NC2COc3cc(S(C)(=O)=O)ccc32)cc2ccc(Cl)cc21.